The van der Waals surface area contributed by atoms with E-state index in [0.29, 0.717) is 12.8 Å². The van der Waals surface area contributed by atoms with E-state index in [2.05, 4.69) is 13.8 Å². The maximum absolute atomic E-state index is 13.1. The van der Waals surface area contributed by atoms with E-state index in [1.807, 2.05) is 0 Å². The average Bonchev–Trinajstić information content (AvgIpc) is 2.10. The lowest BCUT2D eigenvalue weighted by molar-refractivity contribution is -0.267. The first-order valence-electron chi connectivity index (χ1n) is 6.35. The van der Waals surface area contributed by atoms with Crippen molar-refractivity contribution in [1.82, 2.24) is 0 Å². The summed E-state index contributed by atoms with van der Waals surface area (Å²) in [6.07, 6.45) is 2.15. The van der Waals surface area contributed by atoms with Gasteiger partial charge in [-0.15, -0.1) is 0 Å². The standard InChI is InChI=1S/C13H22F2O2/c1-10(2)4-3-5-12(17,6-10)11(9-16)7-13(14,15)8-11/h16-17H,3-9H2,1-2H3. The van der Waals surface area contributed by atoms with Gasteiger partial charge in [0.25, 0.3) is 0 Å². The van der Waals surface area contributed by atoms with E-state index in [9.17, 15) is 19.0 Å². The Labute approximate surface area is 101 Å². The number of aliphatic hydroxyl groups excluding tert-OH is 1. The summed E-state index contributed by atoms with van der Waals surface area (Å²) in [6, 6.07) is 0. The van der Waals surface area contributed by atoms with E-state index in [0.717, 1.165) is 12.8 Å². The molecule has 4 heteroatoms. The number of rotatable bonds is 2. The molecule has 0 heterocycles. The fourth-order valence-corrected chi connectivity index (χ4v) is 3.81. The summed E-state index contributed by atoms with van der Waals surface area (Å²) >= 11 is 0. The van der Waals surface area contributed by atoms with Crippen LogP contribution in [0.1, 0.15) is 52.4 Å². The van der Waals surface area contributed by atoms with Gasteiger partial charge in [0.1, 0.15) is 0 Å². The average molecular weight is 248 g/mol. The molecule has 2 aliphatic carbocycles. The van der Waals surface area contributed by atoms with E-state index < -0.39 is 16.9 Å². The van der Waals surface area contributed by atoms with Crippen LogP contribution >= 0.6 is 0 Å². The lowest BCUT2D eigenvalue weighted by Crippen LogP contribution is -2.64. The van der Waals surface area contributed by atoms with Gasteiger partial charge in [0.2, 0.25) is 5.92 Å². The molecule has 2 fully saturated rings. The predicted octanol–water partition coefficient (Wildman–Crippen LogP) is 2.73. The maximum atomic E-state index is 13.1. The first-order chi connectivity index (χ1) is 7.64. The summed E-state index contributed by atoms with van der Waals surface area (Å²) in [7, 11) is 0. The largest absolute Gasteiger partial charge is 0.396 e. The van der Waals surface area contributed by atoms with Crippen LogP contribution in [0.15, 0.2) is 0 Å². The summed E-state index contributed by atoms with van der Waals surface area (Å²) in [6.45, 7) is 3.77. The Balaban J connectivity index is 2.20. The van der Waals surface area contributed by atoms with E-state index in [4.69, 9.17) is 0 Å². The molecule has 2 saturated carbocycles. The fraction of sp³-hybridized carbons (Fsp3) is 1.00. The quantitative estimate of drug-likeness (QED) is 0.789. The molecule has 2 rings (SSSR count). The van der Waals surface area contributed by atoms with Gasteiger partial charge >= 0.3 is 0 Å². The van der Waals surface area contributed by atoms with Crippen molar-refractivity contribution in [3.05, 3.63) is 0 Å². The first kappa shape index (κ1) is 13.2. The number of hydrogen-bond acceptors (Lipinski definition) is 2. The number of aliphatic hydroxyl groups is 2. The zero-order chi connectivity index (χ0) is 12.9. The van der Waals surface area contributed by atoms with Gasteiger partial charge in [0, 0.05) is 18.3 Å². The number of hydrogen-bond donors (Lipinski definition) is 2. The molecule has 100 valence electrons. The van der Waals surface area contributed by atoms with E-state index in [-0.39, 0.29) is 24.9 Å². The van der Waals surface area contributed by atoms with Gasteiger partial charge < -0.3 is 10.2 Å². The fourth-order valence-electron chi connectivity index (χ4n) is 3.81. The molecule has 2 aliphatic rings. The summed E-state index contributed by atoms with van der Waals surface area (Å²) in [4.78, 5) is 0. The van der Waals surface area contributed by atoms with Crippen molar-refractivity contribution in [2.24, 2.45) is 10.8 Å². The zero-order valence-corrected chi connectivity index (χ0v) is 10.6. The highest BCUT2D eigenvalue weighted by molar-refractivity contribution is 5.12. The molecule has 1 atom stereocenters. The van der Waals surface area contributed by atoms with Crippen LogP contribution in [0, 0.1) is 10.8 Å². The molecule has 0 aliphatic heterocycles. The second-order valence-corrected chi connectivity index (χ2v) is 6.87. The van der Waals surface area contributed by atoms with Crippen molar-refractivity contribution >= 4 is 0 Å². The minimum atomic E-state index is -2.71. The molecule has 1 unspecified atom stereocenters. The Kier molecular flexibility index (Phi) is 2.83. The van der Waals surface area contributed by atoms with Gasteiger partial charge in [0.05, 0.1) is 12.2 Å². The Morgan fingerprint density at radius 2 is 1.65 bits per heavy atom. The minimum absolute atomic E-state index is 0.0277. The van der Waals surface area contributed by atoms with Crippen molar-refractivity contribution in [2.75, 3.05) is 6.61 Å². The van der Waals surface area contributed by atoms with Crippen LogP contribution in [0.3, 0.4) is 0 Å². The molecule has 0 aromatic rings. The van der Waals surface area contributed by atoms with Crippen LogP contribution in [-0.4, -0.2) is 28.3 Å². The SMILES string of the molecule is CC1(C)CCCC(O)(C2(CO)CC(F)(F)C2)C1. The summed E-state index contributed by atoms with van der Waals surface area (Å²) in [5.41, 5.74) is -2.13. The Bertz CT molecular complexity index is 307. The zero-order valence-electron chi connectivity index (χ0n) is 10.6. The first-order valence-corrected chi connectivity index (χ1v) is 6.35. The molecule has 2 N–H and O–H groups in total. The van der Waals surface area contributed by atoms with Gasteiger partial charge in [-0.3, -0.25) is 0 Å². The van der Waals surface area contributed by atoms with E-state index in [1.54, 1.807) is 0 Å². The molecule has 0 bridgehead atoms. The number of halogens is 2. The minimum Gasteiger partial charge on any atom is -0.396 e. The molecule has 17 heavy (non-hydrogen) atoms. The van der Waals surface area contributed by atoms with E-state index >= 15 is 0 Å². The van der Waals surface area contributed by atoms with Crippen LogP contribution < -0.4 is 0 Å². The predicted molar refractivity (Wildman–Crippen MR) is 60.9 cm³/mol. The molecule has 0 saturated heterocycles. The van der Waals surface area contributed by atoms with Crippen LogP contribution in [0.2, 0.25) is 0 Å². The molecular weight excluding hydrogens is 226 g/mol. The summed E-state index contributed by atoms with van der Waals surface area (Å²) < 4.78 is 26.2. The molecule has 0 aromatic heterocycles. The molecule has 0 aromatic carbocycles. The monoisotopic (exact) mass is 248 g/mol. The molecule has 2 nitrogen and oxygen atoms in total. The van der Waals surface area contributed by atoms with Gasteiger partial charge in [-0.2, -0.15) is 0 Å². The second-order valence-electron chi connectivity index (χ2n) is 6.87. The Hall–Kier alpha value is -0.220. The van der Waals surface area contributed by atoms with Gasteiger partial charge in [-0.05, 0) is 24.7 Å². The third kappa shape index (κ3) is 2.10. The highest BCUT2D eigenvalue weighted by Crippen LogP contribution is 2.62. The normalized spacial score (nSPS) is 38.5. The lowest BCUT2D eigenvalue weighted by atomic mass is 9.51. The van der Waals surface area contributed by atoms with Crippen LogP contribution in [-0.2, 0) is 0 Å². The van der Waals surface area contributed by atoms with Gasteiger partial charge in [-0.1, -0.05) is 20.3 Å². The number of alkyl halides is 2. The molecule has 0 spiro atoms. The highest BCUT2D eigenvalue weighted by Gasteiger charge is 2.66. The van der Waals surface area contributed by atoms with Crippen LogP contribution in [0.4, 0.5) is 8.78 Å². The molecular formula is C13H22F2O2. The Morgan fingerprint density at radius 3 is 2.06 bits per heavy atom. The third-order valence-corrected chi connectivity index (χ3v) is 4.70. The van der Waals surface area contributed by atoms with Gasteiger partial charge in [0.15, 0.2) is 0 Å². The summed E-state index contributed by atoms with van der Waals surface area (Å²) in [5.74, 6) is -2.71. The second kappa shape index (κ2) is 3.64. The van der Waals surface area contributed by atoms with Crippen molar-refractivity contribution in [3.8, 4) is 0 Å². The van der Waals surface area contributed by atoms with E-state index in [1.165, 1.54) is 0 Å². The van der Waals surface area contributed by atoms with Crippen molar-refractivity contribution in [3.63, 3.8) is 0 Å². The maximum Gasteiger partial charge on any atom is 0.249 e. The highest BCUT2D eigenvalue weighted by atomic mass is 19.3. The summed E-state index contributed by atoms with van der Waals surface area (Å²) in [5, 5.41) is 20.2. The Morgan fingerprint density at radius 1 is 1.06 bits per heavy atom. The lowest BCUT2D eigenvalue weighted by Gasteiger charge is -2.59. The van der Waals surface area contributed by atoms with Crippen LogP contribution in [0.25, 0.3) is 0 Å². The smallest absolute Gasteiger partial charge is 0.249 e. The topological polar surface area (TPSA) is 40.5 Å². The van der Waals surface area contributed by atoms with Gasteiger partial charge in [-0.25, -0.2) is 8.78 Å². The third-order valence-electron chi connectivity index (χ3n) is 4.70. The van der Waals surface area contributed by atoms with Crippen molar-refractivity contribution < 1.29 is 19.0 Å². The van der Waals surface area contributed by atoms with Crippen molar-refractivity contribution in [2.45, 2.75) is 63.9 Å². The molecule has 0 radical (unpaired) electrons. The molecule has 0 amide bonds. The van der Waals surface area contributed by atoms with Crippen LogP contribution in [0.5, 0.6) is 0 Å². The van der Waals surface area contributed by atoms with Crippen molar-refractivity contribution in [1.29, 1.82) is 0 Å².